The molecule has 2 heterocycles. The Labute approximate surface area is 126 Å². The van der Waals surface area contributed by atoms with Crippen LogP contribution in [0.25, 0.3) is 0 Å². The first-order valence-corrected chi connectivity index (χ1v) is 8.85. The first-order chi connectivity index (χ1) is 9.25. The molecule has 6 heteroatoms. The van der Waals surface area contributed by atoms with Crippen molar-refractivity contribution < 1.29 is 8.63 Å². The van der Waals surface area contributed by atoms with Gasteiger partial charge in [0.15, 0.2) is 0 Å². The summed E-state index contributed by atoms with van der Waals surface area (Å²) in [6.45, 7) is 10.1. The summed E-state index contributed by atoms with van der Waals surface area (Å²) in [5.74, 6) is 2.15. The first-order valence-electron chi connectivity index (χ1n) is 6.48. The molecule has 0 spiro atoms. The van der Waals surface area contributed by atoms with Crippen LogP contribution in [0.1, 0.15) is 48.8 Å². The van der Waals surface area contributed by atoms with Crippen LogP contribution in [0.2, 0.25) is 0 Å². The molecular weight excluding hydrogens is 292 g/mol. The number of rotatable bonds is 4. The Kier molecular flexibility index (Phi) is 4.44. The van der Waals surface area contributed by atoms with E-state index >= 15 is 0 Å². The van der Waals surface area contributed by atoms with Crippen LogP contribution in [0.5, 0.6) is 0 Å². The van der Waals surface area contributed by atoms with Crippen LogP contribution in [-0.4, -0.2) is 14.2 Å². The fourth-order valence-corrected chi connectivity index (χ4v) is 3.96. The molecule has 4 nitrogen and oxygen atoms in total. The first kappa shape index (κ1) is 15.4. The third kappa shape index (κ3) is 3.76. The maximum Gasteiger partial charge on any atom is 0.207 e. The normalized spacial score (nSPS) is 13.7. The molecule has 2 rings (SSSR count). The molecule has 2 aromatic rings. The van der Waals surface area contributed by atoms with Gasteiger partial charge in [-0.1, -0.05) is 20.8 Å². The highest BCUT2D eigenvalue weighted by molar-refractivity contribution is 7.83. The SMILES string of the molecule is Cc1nc(C[S@@](=O)Cc2nc(C(C)(C)C)cs2)oc1C. The van der Waals surface area contributed by atoms with Gasteiger partial charge in [-0.05, 0) is 13.8 Å². The van der Waals surface area contributed by atoms with Crippen LogP contribution in [-0.2, 0) is 27.7 Å². The Morgan fingerprint density at radius 1 is 1.25 bits per heavy atom. The Morgan fingerprint density at radius 2 is 1.95 bits per heavy atom. The number of thiazole rings is 1. The zero-order valence-corrected chi connectivity index (χ0v) is 14.2. The van der Waals surface area contributed by atoms with Gasteiger partial charge in [-0.15, -0.1) is 11.3 Å². The van der Waals surface area contributed by atoms with Crippen molar-refractivity contribution in [2.45, 2.75) is 51.5 Å². The summed E-state index contributed by atoms with van der Waals surface area (Å²) in [7, 11) is -1.04. The van der Waals surface area contributed by atoms with Crippen LogP contribution < -0.4 is 0 Å². The third-order valence-electron chi connectivity index (χ3n) is 2.96. The molecule has 0 aromatic carbocycles. The number of nitrogens with zero attached hydrogens (tertiary/aromatic N) is 2. The molecular formula is C14H20N2O2S2. The topological polar surface area (TPSA) is 56.0 Å². The van der Waals surface area contributed by atoms with Crippen molar-refractivity contribution in [1.29, 1.82) is 0 Å². The highest BCUT2D eigenvalue weighted by atomic mass is 32.2. The summed E-state index contributed by atoms with van der Waals surface area (Å²) < 4.78 is 17.6. The van der Waals surface area contributed by atoms with Crippen LogP contribution >= 0.6 is 11.3 Å². The summed E-state index contributed by atoms with van der Waals surface area (Å²) in [4.78, 5) is 8.82. The van der Waals surface area contributed by atoms with Crippen molar-refractivity contribution in [3.8, 4) is 0 Å². The Bertz CT molecular complexity index is 604. The lowest BCUT2D eigenvalue weighted by Crippen LogP contribution is -2.11. The Morgan fingerprint density at radius 3 is 2.45 bits per heavy atom. The standard InChI is InChI=1S/C14H20N2O2S2/c1-9-10(2)18-12(15-9)7-20(17)8-13-16-11(6-19-13)14(3,4)5/h6H,7-8H2,1-5H3/t20-/m1/s1. The van der Waals surface area contributed by atoms with Gasteiger partial charge in [-0.3, -0.25) is 4.21 Å². The Hall–Kier alpha value is -1.01. The lowest BCUT2D eigenvalue weighted by Gasteiger charge is -2.14. The second kappa shape index (κ2) is 5.77. The van der Waals surface area contributed by atoms with E-state index < -0.39 is 10.8 Å². The van der Waals surface area contributed by atoms with Gasteiger partial charge >= 0.3 is 0 Å². The van der Waals surface area contributed by atoms with Gasteiger partial charge in [0.05, 0.1) is 17.1 Å². The van der Waals surface area contributed by atoms with E-state index in [1.165, 1.54) is 0 Å². The number of hydrogen-bond acceptors (Lipinski definition) is 5. The van der Waals surface area contributed by atoms with Gasteiger partial charge in [0.2, 0.25) is 5.89 Å². The van der Waals surface area contributed by atoms with E-state index in [4.69, 9.17) is 4.42 Å². The maximum absolute atomic E-state index is 12.1. The third-order valence-corrected chi connectivity index (χ3v) is 5.16. The largest absolute Gasteiger partial charge is 0.445 e. The minimum Gasteiger partial charge on any atom is -0.445 e. The zero-order valence-electron chi connectivity index (χ0n) is 12.5. The number of oxazole rings is 1. The molecule has 1 atom stereocenters. The molecule has 0 aliphatic rings. The van der Waals surface area contributed by atoms with Crippen molar-refractivity contribution >= 4 is 22.1 Å². The number of hydrogen-bond donors (Lipinski definition) is 0. The van der Waals surface area contributed by atoms with Crippen molar-refractivity contribution in [2.24, 2.45) is 0 Å². The van der Waals surface area contributed by atoms with E-state index in [0.29, 0.717) is 17.4 Å². The van der Waals surface area contributed by atoms with E-state index in [2.05, 4.69) is 30.7 Å². The second-order valence-corrected chi connectivity index (χ2v) is 8.25. The molecule has 0 aliphatic heterocycles. The van der Waals surface area contributed by atoms with Crippen molar-refractivity contribution in [3.63, 3.8) is 0 Å². The quantitative estimate of drug-likeness (QED) is 0.867. The number of aromatic nitrogens is 2. The van der Waals surface area contributed by atoms with Crippen molar-refractivity contribution in [2.75, 3.05) is 0 Å². The lowest BCUT2D eigenvalue weighted by atomic mass is 9.93. The van der Waals surface area contributed by atoms with Gasteiger partial charge in [0, 0.05) is 21.6 Å². The minimum atomic E-state index is -1.04. The molecule has 0 amide bonds. The molecule has 0 unspecified atom stereocenters. The molecule has 20 heavy (non-hydrogen) atoms. The monoisotopic (exact) mass is 312 g/mol. The summed E-state index contributed by atoms with van der Waals surface area (Å²) in [5, 5.41) is 2.96. The van der Waals surface area contributed by atoms with Crippen LogP contribution in [0.4, 0.5) is 0 Å². The van der Waals surface area contributed by atoms with E-state index in [1.54, 1.807) is 11.3 Å². The van der Waals surface area contributed by atoms with E-state index in [0.717, 1.165) is 22.2 Å². The average molecular weight is 312 g/mol. The smallest absolute Gasteiger partial charge is 0.207 e. The molecule has 0 bridgehead atoms. The molecule has 0 saturated carbocycles. The zero-order chi connectivity index (χ0) is 14.9. The maximum atomic E-state index is 12.1. The molecule has 0 radical (unpaired) electrons. The lowest BCUT2D eigenvalue weighted by molar-refractivity contribution is 0.487. The molecule has 0 fully saturated rings. The van der Waals surface area contributed by atoms with Gasteiger partial charge in [-0.25, -0.2) is 9.97 Å². The van der Waals surface area contributed by atoms with Crippen molar-refractivity contribution in [3.05, 3.63) is 33.4 Å². The fourth-order valence-electron chi connectivity index (χ4n) is 1.65. The summed E-state index contributed by atoms with van der Waals surface area (Å²) in [6, 6.07) is 0. The molecule has 0 N–H and O–H groups in total. The molecule has 110 valence electrons. The summed E-state index contributed by atoms with van der Waals surface area (Å²) in [6.07, 6.45) is 0. The number of aryl methyl sites for hydroxylation is 2. The molecule has 0 aliphatic carbocycles. The summed E-state index contributed by atoms with van der Waals surface area (Å²) in [5.41, 5.74) is 1.95. The molecule has 2 aromatic heterocycles. The average Bonchev–Trinajstić information content (AvgIpc) is 2.86. The summed E-state index contributed by atoms with van der Waals surface area (Å²) >= 11 is 1.57. The van der Waals surface area contributed by atoms with Crippen LogP contribution in [0, 0.1) is 13.8 Å². The fraction of sp³-hybridized carbons (Fsp3) is 0.571. The van der Waals surface area contributed by atoms with E-state index in [-0.39, 0.29) is 5.41 Å². The van der Waals surface area contributed by atoms with Crippen LogP contribution in [0.15, 0.2) is 9.80 Å². The van der Waals surface area contributed by atoms with Gasteiger partial charge in [0.25, 0.3) is 0 Å². The Balaban J connectivity index is 1.99. The van der Waals surface area contributed by atoms with E-state index in [1.807, 2.05) is 19.2 Å². The predicted molar refractivity (Wildman–Crippen MR) is 82.3 cm³/mol. The van der Waals surface area contributed by atoms with E-state index in [9.17, 15) is 4.21 Å². The van der Waals surface area contributed by atoms with Crippen LogP contribution in [0.3, 0.4) is 0 Å². The minimum absolute atomic E-state index is 0.0348. The second-order valence-electron chi connectivity index (χ2n) is 5.85. The van der Waals surface area contributed by atoms with Gasteiger partial charge in [-0.2, -0.15) is 0 Å². The predicted octanol–water partition coefficient (Wildman–Crippen LogP) is 3.49. The highest BCUT2D eigenvalue weighted by Crippen LogP contribution is 2.24. The van der Waals surface area contributed by atoms with Gasteiger partial charge < -0.3 is 4.42 Å². The van der Waals surface area contributed by atoms with Gasteiger partial charge in [0.1, 0.15) is 16.5 Å². The van der Waals surface area contributed by atoms with Crippen molar-refractivity contribution in [1.82, 2.24) is 9.97 Å². The highest BCUT2D eigenvalue weighted by Gasteiger charge is 2.18. The molecule has 0 saturated heterocycles.